The highest BCUT2D eigenvalue weighted by molar-refractivity contribution is 5.92. The molecule has 4 rings (SSSR count). The molecule has 2 aromatic carbocycles. The maximum Gasteiger partial charge on any atom is 0.251 e. The second kappa shape index (κ2) is 7.99. The van der Waals surface area contributed by atoms with E-state index in [1.807, 2.05) is 6.07 Å². The Labute approximate surface area is 168 Å². The van der Waals surface area contributed by atoms with Crippen LogP contribution >= 0.6 is 0 Å². The Morgan fingerprint density at radius 3 is 2.55 bits per heavy atom. The van der Waals surface area contributed by atoms with Gasteiger partial charge in [-0.1, -0.05) is 12.5 Å². The fraction of sp³-hybridized carbons (Fsp3) is 0.409. The molecule has 7 heteroatoms. The average molecular weight is 402 g/mol. The Hall–Kier alpha value is -2.67. The SMILES string of the molecule is C[C@@H](NCC(=O)Nc1ccc2c(c1)OC1(CCCCC1)O2)c1ccc(F)c(F)c1. The van der Waals surface area contributed by atoms with Gasteiger partial charge in [0, 0.05) is 30.6 Å². The number of carbonyl (C=O) groups excluding carboxylic acids is 1. The van der Waals surface area contributed by atoms with Gasteiger partial charge in [0.25, 0.3) is 5.79 Å². The van der Waals surface area contributed by atoms with Gasteiger partial charge in [-0.15, -0.1) is 0 Å². The van der Waals surface area contributed by atoms with Gasteiger partial charge in [-0.3, -0.25) is 4.79 Å². The van der Waals surface area contributed by atoms with Crippen molar-refractivity contribution in [2.24, 2.45) is 0 Å². The van der Waals surface area contributed by atoms with Crippen molar-refractivity contribution in [3.05, 3.63) is 53.6 Å². The summed E-state index contributed by atoms with van der Waals surface area (Å²) in [6.45, 7) is 1.81. The minimum atomic E-state index is -0.906. The molecule has 2 aliphatic rings. The van der Waals surface area contributed by atoms with E-state index in [1.54, 1.807) is 19.1 Å². The zero-order chi connectivity index (χ0) is 20.4. The van der Waals surface area contributed by atoms with Crippen LogP contribution in [0.25, 0.3) is 0 Å². The number of ether oxygens (including phenoxy) is 2. The lowest BCUT2D eigenvalue weighted by Gasteiger charge is -2.31. The maximum atomic E-state index is 13.4. The zero-order valence-electron chi connectivity index (χ0n) is 16.3. The van der Waals surface area contributed by atoms with E-state index in [2.05, 4.69) is 10.6 Å². The molecular weight excluding hydrogens is 378 g/mol. The summed E-state index contributed by atoms with van der Waals surface area (Å²) in [4.78, 5) is 12.3. The van der Waals surface area contributed by atoms with Gasteiger partial charge >= 0.3 is 0 Å². The second-order valence-corrected chi connectivity index (χ2v) is 7.66. The molecule has 5 nitrogen and oxygen atoms in total. The summed E-state index contributed by atoms with van der Waals surface area (Å²) in [6, 6.07) is 8.76. The van der Waals surface area contributed by atoms with Crippen molar-refractivity contribution in [3.8, 4) is 11.5 Å². The van der Waals surface area contributed by atoms with Crippen LogP contribution in [0.5, 0.6) is 11.5 Å². The predicted molar refractivity (Wildman–Crippen MR) is 105 cm³/mol. The molecule has 0 bridgehead atoms. The summed E-state index contributed by atoms with van der Waals surface area (Å²) in [6.07, 6.45) is 5.10. The van der Waals surface area contributed by atoms with Gasteiger partial charge in [-0.2, -0.15) is 0 Å². The highest BCUT2D eigenvalue weighted by atomic mass is 19.2. The maximum absolute atomic E-state index is 13.4. The quantitative estimate of drug-likeness (QED) is 0.762. The highest BCUT2D eigenvalue weighted by Gasteiger charge is 2.42. The molecule has 1 atom stereocenters. The smallest absolute Gasteiger partial charge is 0.251 e. The minimum absolute atomic E-state index is 0.0263. The number of halogens is 2. The van der Waals surface area contributed by atoms with E-state index in [9.17, 15) is 13.6 Å². The third-order valence-corrected chi connectivity index (χ3v) is 5.45. The van der Waals surface area contributed by atoms with Crippen LogP contribution in [-0.4, -0.2) is 18.2 Å². The molecule has 2 aromatic rings. The fourth-order valence-corrected chi connectivity index (χ4v) is 3.82. The number of anilines is 1. The van der Waals surface area contributed by atoms with Gasteiger partial charge in [0.1, 0.15) is 0 Å². The van der Waals surface area contributed by atoms with Crippen molar-refractivity contribution in [1.29, 1.82) is 0 Å². The number of carbonyl (C=O) groups is 1. The molecule has 0 radical (unpaired) electrons. The van der Waals surface area contributed by atoms with Crippen LogP contribution < -0.4 is 20.1 Å². The lowest BCUT2D eigenvalue weighted by Crippen LogP contribution is -2.40. The normalized spacial score (nSPS) is 17.9. The summed E-state index contributed by atoms with van der Waals surface area (Å²) in [5.74, 6) is -1.24. The first-order chi connectivity index (χ1) is 13.9. The predicted octanol–water partition coefficient (Wildman–Crippen LogP) is 4.69. The van der Waals surface area contributed by atoms with E-state index < -0.39 is 17.4 Å². The number of fused-ring (bicyclic) bond motifs is 1. The number of nitrogens with one attached hydrogen (secondary N) is 2. The van der Waals surface area contributed by atoms with Gasteiger partial charge in [0.05, 0.1) is 6.54 Å². The fourth-order valence-electron chi connectivity index (χ4n) is 3.82. The number of hydrogen-bond donors (Lipinski definition) is 2. The van der Waals surface area contributed by atoms with E-state index in [4.69, 9.17) is 9.47 Å². The van der Waals surface area contributed by atoms with Gasteiger partial charge in [-0.05, 0) is 49.6 Å². The molecule has 0 unspecified atom stereocenters. The molecule has 1 spiro atoms. The zero-order valence-corrected chi connectivity index (χ0v) is 16.3. The standard InChI is InChI=1S/C22H24F2N2O3/c1-14(15-5-7-17(23)18(24)11-15)25-13-21(27)26-16-6-8-19-20(12-16)29-22(28-19)9-3-2-4-10-22/h5-8,11-12,14,25H,2-4,9-10,13H2,1H3,(H,26,27)/t14-/m1/s1. The molecule has 154 valence electrons. The lowest BCUT2D eigenvalue weighted by atomic mass is 9.94. The van der Waals surface area contributed by atoms with Gasteiger partial charge in [-0.25, -0.2) is 8.78 Å². The van der Waals surface area contributed by atoms with Crippen LogP contribution in [0.3, 0.4) is 0 Å². The number of rotatable bonds is 5. The number of amides is 1. The molecule has 1 fully saturated rings. The van der Waals surface area contributed by atoms with Crippen LogP contribution in [-0.2, 0) is 4.79 Å². The molecule has 1 aliphatic heterocycles. The largest absolute Gasteiger partial charge is 0.448 e. The monoisotopic (exact) mass is 402 g/mol. The topological polar surface area (TPSA) is 59.6 Å². The first-order valence-corrected chi connectivity index (χ1v) is 9.94. The van der Waals surface area contributed by atoms with Gasteiger partial charge in [0.2, 0.25) is 5.91 Å². The van der Waals surface area contributed by atoms with E-state index in [0.29, 0.717) is 22.7 Å². The Bertz CT molecular complexity index is 913. The molecule has 1 heterocycles. The van der Waals surface area contributed by atoms with Gasteiger partial charge in [0.15, 0.2) is 23.1 Å². The molecule has 0 aromatic heterocycles. The highest BCUT2D eigenvalue weighted by Crippen LogP contribution is 2.46. The lowest BCUT2D eigenvalue weighted by molar-refractivity contribution is -0.115. The van der Waals surface area contributed by atoms with E-state index >= 15 is 0 Å². The molecule has 1 amide bonds. The molecule has 1 aliphatic carbocycles. The summed E-state index contributed by atoms with van der Waals surface area (Å²) >= 11 is 0. The van der Waals surface area contributed by atoms with Crippen LogP contribution in [0.15, 0.2) is 36.4 Å². The molecular formula is C22H24F2N2O3. The first kappa shape index (κ1) is 19.6. The van der Waals surface area contributed by atoms with Crippen molar-refractivity contribution < 1.29 is 23.0 Å². The van der Waals surface area contributed by atoms with Crippen molar-refractivity contribution >= 4 is 11.6 Å². The Kier molecular flexibility index (Phi) is 5.41. The van der Waals surface area contributed by atoms with Crippen molar-refractivity contribution in [3.63, 3.8) is 0 Å². The first-order valence-electron chi connectivity index (χ1n) is 9.94. The van der Waals surface area contributed by atoms with Crippen LogP contribution in [0, 0.1) is 11.6 Å². The van der Waals surface area contributed by atoms with Crippen molar-refractivity contribution in [1.82, 2.24) is 5.32 Å². The van der Waals surface area contributed by atoms with Gasteiger partial charge < -0.3 is 20.1 Å². The minimum Gasteiger partial charge on any atom is -0.448 e. The number of benzene rings is 2. The molecule has 29 heavy (non-hydrogen) atoms. The van der Waals surface area contributed by atoms with E-state index in [-0.39, 0.29) is 18.5 Å². The molecule has 0 saturated heterocycles. The third kappa shape index (κ3) is 4.34. The molecule has 2 N–H and O–H groups in total. The van der Waals surface area contributed by atoms with E-state index in [0.717, 1.165) is 37.8 Å². The average Bonchev–Trinajstić information content (AvgIpc) is 3.05. The summed E-state index contributed by atoms with van der Waals surface area (Å²) < 4.78 is 38.5. The Balaban J connectivity index is 1.32. The van der Waals surface area contributed by atoms with Crippen molar-refractivity contribution in [2.45, 2.75) is 50.9 Å². The van der Waals surface area contributed by atoms with Crippen molar-refractivity contribution in [2.75, 3.05) is 11.9 Å². The van der Waals surface area contributed by atoms with Crippen LogP contribution in [0.2, 0.25) is 0 Å². The Morgan fingerprint density at radius 1 is 1.03 bits per heavy atom. The third-order valence-electron chi connectivity index (χ3n) is 5.45. The van der Waals surface area contributed by atoms with Crippen LogP contribution in [0.4, 0.5) is 14.5 Å². The second-order valence-electron chi connectivity index (χ2n) is 7.66. The Morgan fingerprint density at radius 2 is 1.79 bits per heavy atom. The van der Waals surface area contributed by atoms with Crippen LogP contribution in [0.1, 0.15) is 50.6 Å². The summed E-state index contributed by atoms with van der Waals surface area (Å²) in [5, 5.41) is 5.83. The summed E-state index contributed by atoms with van der Waals surface area (Å²) in [5.41, 5.74) is 1.19. The molecule has 1 saturated carbocycles. The number of hydrogen-bond acceptors (Lipinski definition) is 4. The summed E-state index contributed by atoms with van der Waals surface area (Å²) in [7, 11) is 0. The van der Waals surface area contributed by atoms with E-state index in [1.165, 1.54) is 12.5 Å².